The Bertz CT molecular complexity index is 934. The highest BCUT2D eigenvalue weighted by molar-refractivity contribution is 8.17. The summed E-state index contributed by atoms with van der Waals surface area (Å²) >= 11 is 4.17. The van der Waals surface area contributed by atoms with Gasteiger partial charge in [-0.25, -0.2) is 0 Å². The molecule has 0 bridgehead atoms. The van der Waals surface area contributed by atoms with E-state index in [1.807, 2.05) is 6.07 Å². The Balaban J connectivity index is 1.59. The molecule has 0 spiro atoms. The summed E-state index contributed by atoms with van der Waals surface area (Å²) in [6.45, 7) is 15.3. The fraction of sp³-hybridized carbons (Fsp3) is 0.679. The van der Waals surface area contributed by atoms with E-state index < -0.39 is 8.32 Å². The molecule has 0 aliphatic carbocycles. The predicted molar refractivity (Wildman–Crippen MR) is 158 cm³/mol. The lowest BCUT2D eigenvalue weighted by Gasteiger charge is -2.39. The molecule has 7 heteroatoms. The van der Waals surface area contributed by atoms with Crippen molar-refractivity contribution in [3.8, 4) is 0 Å². The molecule has 1 aliphatic rings. The van der Waals surface area contributed by atoms with Crippen LogP contribution in [0.25, 0.3) is 10.9 Å². The second-order valence-corrected chi connectivity index (χ2v) is 19.2. The summed E-state index contributed by atoms with van der Waals surface area (Å²) in [5, 5.41) is 4.68. The van der Waals surface area contributed by atoms with Crippen LogP contribution >= 0.6 is 23.5 Å². The predicted octanol–water partition coefficient (Wildman–Crippen LogP) is 7.47. The summed E-state index contributed by atoms with van der Waals surface area (Å²) in [7, 11) is -1.81. The minimum absolute atomic E-state index is 0.187. The van der Waals surface area contributed by atoms with E-state index in [-0.39, 0.29) is 10.9 Å². The molecule has 4 nitrogen and oxygen atoms in total. The monoisotopic (exact) mass is 534 g/mol. The topological polar surface area (TPSA) is 54.1 Å². The molecule has 1 amide bonds. The van der Waals surface area contributed by atoms with Gasteiger partial charge in [0.2, 0.25) is 5.91 Å². The zero-order chi connectivity index (χ0) is 25.5. The summed E-state index contributed by atoms with van der Waals surface area (Å²) in [6, 6.07) is 8.36. The largest absolute Gasteiger partial charge is 0.417 e. The number of benzene rings is 1. The van der Waals surface area contributed by atoms with Crippen LogP contribution in [0.5, 0.6) is 0 Å². The minimum Gasteiger partial charge on any atom is -0.417 e. The molecule has 0 unspecified atom stereocenters. The maximum Gasteiger partial charge on any atom is 0.220 e. The molecular weight excluding hydrogens is 489 g/mol. The third-order valence-corrected chi connectivity index (χ3v) is 15.4. The number of hydrogen-bond acceptors (Lipinski definition) is 4. The molecule has 35 heavy (non-hydrogen) atoms. The molecule has 0 radical (unpaired) electrons. The molecule has 2 heterocycles. The average molecular weight is 535 g/mol. The van der Waals surface area contributed by atoms with Gasteiger partial charge < -0.3 is 14.7 Å². The first-order valence-electron chi connectivity index (χ1n) is 13.3. The summed E-state index contributed by atoms with van der Waals surface area (Å²) in [5.41, 5.74) is 2.42. The van der Waals surface area contributed by atoms with Gasteiger partial charge in [0.15, 0.2) is 8.32 Å². The number of hydrogen-bond donors (Lipinski definition) is 2. The van der Waals surface area contributed by atoms with Gasteiger partial charge in [-0.05, 0) is 72.4 Å². The smallest absolute Gasteiger partial charge is 0.220 e. The highest BCUT2D eigenvalue weighted by Gasteiger charge is 2.38. The molecule has 1 fully saturated rings. The Morgan fingerprint density at radius 2 is 1.91 bits per heavy atom. The van der Waals surface area contributed by atoms with Crippen molar-refractivity contribution in [1.82, 2.24) is 10.3 Å². The normalized spacial score (nSPS) is 17.4. The van der Waals surface area contributed by atoms with Crippen molar-refractivity contribution in [2.75, 3.05) is 24.7 Å². The standard InChI is InChI=1S/C28H46N2O2S2Si/c1-7-21(20-32-35(5,6)28(2,3)4)23(18-27-33-15-10-16-34-27)17-26(31)29-14-13-22-19-30-25-12-9-8-11-24(22)25/h8-9,11-12,19,21,23,27,30H,7,10,13-18,20H2,1-6H3,(H,29,31)/t21-,23-/m0/s1. The number of amides is 1. The van der Waals surface area contributed by atoms with Gasteiger partial charge in [-0.3, -0.25) is 4.79 Å². The first-order chi connectivity index (χ1) is 16.6. The number of carbonyl (C=O) groups excluding carboxylic acids is 1. The number of H-pyrrole nitrogens is 1. The highest BCUT2D eigenvalue weighted by atomic mass is 32.2. The van der Waals surface area contributed by atoms with Crippen LogP contribution < -0.4 is 5.32 Å². The first kappa shape index (κ1) is 28.7. The Labute approximate surface area is 222 Å². The summed E-state index contributed by atoms with van der Waals surface area (Å²) < 4.78 is 7.27. The number of nitrogens with one attached hydrogen (secondary N) is 2. The maximum absolute atomic E-state index is 13.1. The van der Waals surface area contributed by atoms with Gasteiger partial charge in [-0.15, -0.1) is 23.5 Å². The molecule has 2 atom stereocenters. The van der Waals surface area contributed by atoms with E-state index in [2.05, 4.69) is 99.0 Å². The maximum atomic E-state index is 13.1. The number of thioether (sulfide) groups is 2. The average Bonchev–Trinajstić information content (AvgIpc) is 3.22. The van der Waals surface area contributed by atoms with Crippen LogP contribution in [0.1, 0.15) is 58.9 Å². The van der Waals surface area contributed by atoms with E-state index in [0.29, 0.717) is 29.4 Å². The molecule has 0 saturated carbocycles. The van der Waals surface area contributed by atoms with Crippen LogP contribution in [0, 0.1) is 11.8 Å². The lowest BCUT2D eigenvalue weighted by molar-refractivity contribution is -0.122. The minimum atomic E-state index is -1.81. The van der Waals surface area contributed by atoms with E-state index >= 15 is 0 Å². The van der Waals surface area contributed by atoms with E-state index in [4.69, 9.17) is 4.43 Å². The number of para-hydroxylation sites is 1. The van der Waals surface area contributed by atoms with E-state index in [0.717, 1.165) is 31.4 Å². The van der Waals surface area contributed by atoms with Crippen LogP contribution in [-0.2, 0) is 15.6 Å². The number of fused-ring (bicyclic) bond motifs is 1. The number of rotatable bonds is 12. The number of aromatic amines is 1. The zero-order valence-corrected chi connectivity index (χ0v) is 25.2. The SMILES string of the molecule is CC[C@@H](CO[Si](C)(C)C(C)(C)C)[C@@H](CC(=O)NCCc1c[nH]c2ccccc12)CC1SCCCS1. The summed E-state index contributed by atoms with van der Waals surface area (Å²) in [6.07, 6.45) is 6.98. The van der Waals surface area contributed by atoms with Gasteiger partial charge in [0, 0.05) is 36.7 Å². The number of carbonyl (C=O) groups is 1. The molecule has 1 aromatic carbocycles. The van der Waals surface area contributed by atoms with Crippen LogP contribution in [0.15, 0.2) is 30.5 Å². The Kier molecular flexibility index (Phi) is 10.7. The van der Waals surface area contributed by atoms with Crippen molar-refractivity contribution < 1.29 is 9.22 Å². The van der Waals surface area contributed by atoms with Gasteiger partial charge >= 0.3 is 0 Å². The Hall–Kier alpha value is -0.893. The van der Waals surface area contributed by atoms with Crippen LogP contribution in [0.3, 0.4) is 0 Å². The molecule has 3 rings (SSSR count). The molecule has 1 saturated heterocycles. The molecule has 2 N–H and O–H groups in total. The van der Waals surface area contributed by atoms with E-state index in [1.165, 1.54) is 28.9 Å². The van der Waals surface area contributed by atoms with Gasteiger partial charge in [0.05, 0.1) is 4.58 Å². The fourth-order valence-electron chi connectivity index (χ4n) is 4.47. The molecule has 196 valence electrons. The van der Waals surface area contributed by atoms with Crippen molar-refractivity contribution in [3.05, 3.63) is 36.0 Å². The second-order valence-electron chi connectivity index (χ2n) is 11.4. The molecule has 2 aromatic rings. The lowest BCUT2D eigenvalue weighted by atomic mass is 9.85. The Morgan fingerprint density at radius 1 is 1.20 bits per heavy atom. The third-order valence-electron chi connectivity index (χ3n) is 7.89. The van der Waals surface area contributed by atoms with Crippen LogP contribution in [-0.4, -0.2) is 48.4 Å². The zero-order valence-electron chi connectivity index (χ0n) is 22.6. The van der Waals surface area contributed by atoms with Gasteiger partial charge in [-0.2, -0.15) is 0 Å². The van der Waals surface area contributed by atoms with Crippen LogP contribution in [0.4, 0.5) is 0 Å². The third kappa shape index (κ3) is 8.31. The van der Waals surface area contributed by atoms with Crippen molar-refractivity contribution in [2.45, 2.75) is 82.5 Å². The highest BCUT2D eigenvalue weighted by Crippen LogP contribution is 2.40. The first-order valence-corrected chi connectivity index (χ1v) is 18.3. The summed E-state index contributed by atoms with van der Waals surface area (Å²) in [5.74, 6) is 3.47. The van der Waals surface area contributed by atoms with Gasteiger partial charge in [0.25, 0.3) is 0 Å². The lowest BCUT2D eigenvalue weighted by Crippen LogP contribution is -2.43. The van der Waals surface area contributed by atoms with Gasteiger partial charge in [-0.1, -0.05) is 52.3 Å². The Morgan fingerprint density at radius 3 is 2.60 bits per heavy atom. The second kappa shape index (κ2) is 13.1. The molecule has 1 aromatic heterocycles. The van der Waals surface area contributed by atoms with Crippen molar-refractivity contribution >= 4 is 48.7 Å². The van der Waals surface area contributed by atoms with E-state index in [1.54, 1.807) is 0 Å². The summed E-state index contributed by atoms with van der Waals surface area (Å²) in [4.78, 5) is 16.4. The molecule has 1 aliphatic heterocycles. The fourth-order valence-corrected chi connectivity index (χ4v) is 8.59. The molecular formula is C28H46N2O2S2Si. The number of aromatic nitrogens is 1. The van der Waals surface area contributed by atoms with Crippen molar-refractivity contribution in [1.29, 1.82) is 0 Å². The van der Waals surface area contributed by atoms with Crippen molar-refractivity contribution in [3.63, 3.8) is 0 Å². The quantitative estimate of drug-likeness (QED) is 0.277. The van der Waals surface area contributed by atoms with Crippen LogP contribution in [0.2, 0.25) is 18.1 Å². The van der Waals surface area contributed by atoms with Gasteiger partial charge in [0.1, 0.15) is 0 Å². The van der Waals surface area contributed by atoms with E-state index in [9.17, 15) is 4.79 Å². The van der Waals surface area contributed by atoms with Crippen molar-refractivity contribution in [2.24, 2.45) is 11.8 Å².